The van der Waals surface area contributed by atoms with Gasteiger partial charge in [0.15, 0.2) is 0 Å². The van der Waals surface area contributed by atoms with Crippen molar-refractivity contribution in [2.24, 2.45) is 0 Å². The lowest BCUT2D eigenvalue weighted by molar-refractivity contribution is 0.0692. The Morgan fingerprint density at radius 3 is 2.58 bits per heavy atom. The summed E-state index contributed by atoms with van der Waals surface area (Å²) in [7, 11) is 1.82. The summed E-state index contributed by atoms with van der Waals surface area (Å²) in [4.78, 5) is 16.5. The van der Waals surface area contributed by atoms with Crippen molar-refractivity contribution < 1.29 is 14.3 Å². The Hall–Kier alpha value is -2.43. The molecule has 2 aromatic rings. The molecular weight excluding hydrogens is 247 g/mol. The predicted molar refractivity (Wildman–Crippen MR) is 69.7 cm³/mol. The average molecular weight is 260 g/mol. The number of benzene rings is 1. The summed E-state index contributed by atoms with van der Waals surface area (Å²) < 4.78 is 13.6. The van der Waals surface area contributed by atoms with Gasteiger partial charge in [-0.1, -0.05) is 0 Å². The number of rotatable bonds is 4. The molecule has 0 atom stereocenters. The van der Waals surface area contributed by atoms with Crippen molar-refractivity contribution in [3.05, 3.63) is 59.7 Å². The minimum Gasteiger partial charge on any atom is -0.478 e. The Morgan fingerprint density at radius 2 is 2.00 bits per heavy atom. The van der Waals surface area contributed by atoms with Gasteiger partial charge in [-0.2, -0.15) is 0 Å². The minimum absolute atomic E-state index is 0.318. The molecule has 0 unspecified atom stereocenters. The van der Waals surface area contributed by atoms with Crippen LogP contribution in [0, 0.1) is 5.82 Å². The van der Waals surface area contributed by atoms with Gasteiger partial charge >= 0.3 is 5.97 Å². The Bertz CT molecular complexity index is 587. The fourth-order valence-electron chi connectivity index (χ4n) is 1.77. The van der Waals surface area contributed by atoms with E-state index in [1.807, 2.05) is 24.1 Å². The van der Waals surface area contributed by atoms with E-state index in [2.05, 4.69) is 4.98 Å². The molecule has 0 aliphatic carbocycles. The maximum absolute atomic E-state index is 13.6. The lowest BCUT2D eigenvalue weighted by Crippen LogP contribution is -2.17. The molecule has 1 aromatic carbocycles. The number of halogens is 1. The fourth-order valence-corrected chi connectivity index (χ4v) is 1.77. The van der Waals surface area contributed by atoms with E-state index in [1.165, 1.54) is 12.1 Å². The lowest BCUT2D eigenvalue weighted by Gasteiger charge is -2.19. The maximum Gasteiger partial charge on any atom is 0.338 e. The molecule has 19 heavy (non-hydrogen) atoms. The number of carboxylic acid groups (broad SMARTS) is 1. The minimum atomic E-state index is -1.26. The zero-order chi connectivity index (χ0) is 13.8. The highest BCUT2D eigenvalue weighted by Crippen LogP contribution is 2.19. The third-order valence-corrected chi connectivity index (χ3v) is 2.79. The number of aromatic carboxylic acids is 1. The van der Waals surface area contributed by atoms with Gasteiger partial charge in [0.05, 0.1) is 5.56 Å². The molecule has 1 heterocycles. The highest BCUT2D eigenvalue weighted by atomic mass is 19.1. The van der Waals surface area contributed by atoms with Crippen molar-refractivity contribution >= 4 is 11.7 Å². The van der Waals surface area contributed by atoms with Gasteiger partial charge < -0.3 is 10.0 Å². The van der Waals surface area contributed by atoms with Crippen LogP contribution in [0.5, 0.6) is 0 Å². The van der Waals surface area contributed by atoms with Gasteiger partial charge in [0.2, 0.25) is 0 Å². The summed E-state index contributed by atoms with van der Waals surface area (Å²) in [5.41, 5.74) is 1.35. The second-order valence-electron chi connectivity index (χ2n) is 4.18. The molecule has 98 valence electrons. The molecule has 0 bridgehead atoms. The van der Waals surface area contributed by atoms with Gasteiger partial charge in [0, 0.05) is 31.7 Å². The third-order valence-electron chi connectivity index (χ3n) is 2.79. The first kappa shape index (κ1) is 13.0. The number of hydrogen-bond acceptors (Lipinski definition) is 3. The number of hydrogen-bond donors (Lipinski definition) is 1. The zero-order valence-electron chi connectivity index (χ0n) is 10.4. The molecule has 0 radical (unpaired) electrons. The third kappa shape index (κ3) is 3.07. The summed E-state index contributed by atoms with van der Waals surface area (Å²) in [5, 5.41) is 8.77. The van der Waals surface area contributed by atoms with Crippen molar-refractivity contribution in [1.82, 2.24) is 4.98 Å². The standard InChI is InChI=1S/C14H13FN2O2/c1-17(9-10-4-6-16-7-5-10)11-2-3-12(14(18)19)13(15)8-11/h2-8H,9H2,1H3,(H,18,19). The maximum atomic E-state index is 13.6. The number of nitrogens with zero attached hydrogens (tertiary/aromatic N) is 2. The van der Waals surface area contributed by atoms with Gasteiger partial charge in [-0.25, -0.2) is 9.18 Å². The van der Waals surface area contributed by atoms with Crippen LogP contribution in [-0.2, 0) is 6.54 Å². The lowest BCUT2D eigenvalue weighted by atomic mass is 10.1. The van der Waals surface area contributed by atoms with E-state index < -0.39 is 11.8 Å². The number of anilines is 1. The molecule has 0 amide bonds. The van der Waals surface area contributed by atoms with E-state index in [9.17, 15) is 9.18 Å². The summed E-state index contributed by atoms with van der Waals surface area (Å²) in [6.45, 7) is 0.592. The highest BCUT2D eigenvalue weighted by molar-refractivity contribution is 5.88. The molecule has 0 aliphatic heterocycles. The first-order chi connectivity index (χ1) is 9.08. The topological polar surface area (TPSA) is 53.4 Å². The molecule has 0 aliphatic rings. The number of carboxylic acids is 1. The molecule has 0 saturated heterocycles. The molecule has 4 nitrogen and oxygen atoms in total. The number of carbonyl (C=O) groups is 1. The smallest absolute Gasteiger partial charge is 0.338 e. The Labute approximate surface area is 110 Å². The summed E-state index contributed by atoms with van der Waals surface area (Å²) in [6, 6.07) is 7.84. The van der Waals surface area contributed by atoms with Crippen molar-refractivity contribution in [3.63, 3.8) is 0 Å². The van der Waals surface area contributed by atoms with E-state index in [0.29, 0.717) is 12.2 Å². The SMILES string of the molecule is CN(Cc1ccncc1)c1ccc(C(=O)O)c(F)c1. The van der Waals surface area contributed by atoms with Gasteiger partial charge in [-0.3, -0.25) is 4.98 Å². The second-order valence-corrected chi connectivity index (χ2v) is 4.18. The van der Waals surface area contributed by atoms with Crippen LogP contribution in [0.1, 0.15) is 15.9 Å². The molecule has 0 spiro atoms. The highest BCUT2D eigenvalue weighted by Gasteiger charge is 2.12. The van der Waals surface area contributed by atoms with Crippen molar-refractivity contribution in [3.8, 4) is 0 Å². The Kier molecular flexibility index (Phi) is 3.75. The molecular formula is C14H13FN2O2. The molecule has 1 N–H and O–H groups in total. The van der Waals surface area contributed by atoms with Crippen molar-refractivity contribution in [2.75, 3.05) is 11.9 Å². The monoisotopic (exact) mass is 260 g/mol. The van der Waals surface area contributed by atoms with Crippen LogP contribution in [0.4, 0.5) is 10.1 Å². The normalized spacial score (nSPS) is 10.2. The van der Waals surface area contributed by atoms with E-state index >= 15 is 0 Å². The van der Waals surface area contributed by atoms with Crippen LogP contribution < -0.4 is 4.90 Å². The Morgan fingerprint density at radius 1 is 1.32 bits per heavy atom. The van der Waals surface area contributed by atoms with E-state index in [-0.39, 0.29) is 5.56 Å². The van der Waals surface area contributed by atoms with E-state index in [0.717, 1.165) is 5.56 Å². The van der Waals surface area contributed by atoms with Crippen LogP contribution in [-0.4, -0.2) is 23.1 Å². The Balaban J connectivity index is 2.18. The molecule has 0 fully saturated rings. The molecule has 1 aromatic heterocycles. The summed E-state index contributed by atoms with van der Waals surface area (Å²) in [5.74, 6) is -1.99. The van der Waals surface area contributed by atoms with Crippen LogP contribution in [0.25, 0.3) is 0 Å². The van der Waals surface area contributed by atoms with E-state index in [1.54, 1.807) is 18.5 Å². The quantitative estimate of drug-likeness (QED) is 0.917. The fraction of sp³-hybridized carbons (Fsp3) is 0.143. The second kappa shape index (κ2) is 5.48. The average Bonchev–Trinajstić information content (AvgIpc) is 2.39. The molecule has 5 heteroatoms. The van der Waals surface area contributed by atoms with Gasteiger partial charge in [-0.05, 0) is 35.9 Å². The number of aromatic nitrogens is 1. The van der Waals surface area contributed by atoms with E-state index in [4.69, 9.17) is 5.11 Å². The zero-order valence-corrected chi connectivity index (χ0v) is 10.4. The largest absolute Gasteiger partial charge is 0.478 e. The van der Waals surface area contributed by atoms with Gasteiger partial charge in [0.1, 0.15) is 5.82 Å². The predicted octanol–water partition coefficient (Wildman–Crippen LogP) is 2.56. The molecule has 2 rings (SSSR count). The van der Waals surface area contributed by atoms with Crippen molar-refractivity contribution in [2.45, 2.75) is 6.54 Å². The van der Waals surface area contributed by atoms with Crippen molar-refractivity contribution in [1.29, 1.82) is 0 Å². The van der Waals surface area contributed by atoms with Crippen LogP contribution >= 0.6 is 0 Å². The van der Waals surface area contributed by atoms with Crippen LogP contribution in [0.3, 0.4) is 0 Å². The first-order valence-corrected chi connectivity index (χ1v) is 5.71. The first-order valence-electron chi connectivity index (χ1n) is 5.71. The van der Waals surface area contributed by atoms with Gasteiger partial charge in [0.25, 0.3) is 0 Å². The van der Waals surface area contributed by atoms with Gasteiger partial charge in [-0.15, -0.1) is 0 Å². The van der Waals surface area contributed by atoms with Crippen LogP contribution in [0.15, 0.2) is 42.7 Å². The summed E-state index contributed by atoms with van der Waals surface area (Å²) in [6.07, 6.45) is 3.38. The molecule has 0 saturated carbocycles. The summed E-state index contributed by atoms with van der Waals surface area (Å²) >= 11 is 0. The number of pyridine rings is 1. The van der Waals surface area contributed by atoms with Crippen LogP contribution in [0.2, 0.25) is 0 Å².